The van der Waals surface area contributed by atoms with Crippen molar-refractivity contribution in [2.24, 2.45) is 0 Å². The smallest absolute Gasteiger partial charge is 0.196 e. The number of carbonyl (C=O) groups is 1. The second-order valence-corrected chi connectivity index (χ2v) is 5.77. The summed E-state index contributed by atoms with van der Waals surface area (Å²) in [5.41, 5.74) is 0.527. The number of rotatable bonds is 3. The highest BCUT2D eigenvalue weighted by Gasteiger charge is 2.20. The minimum Gasteiger partial charge on any atom is -0.379 e. The number of ketones is 1. The third kappa shape index (κ3) is 2.40. The summed E-state index contributed by atoms with van der Waals surface area (Å²) >= 11 is 4.67. The van der Waals surface area contributed by atoms with E-state index in [9.17, 15) is 9.90 Å². The van der Waals surface area contributed by atoms with Crippen LogP contribution >= 0.6 is 27.3 Å². The van der Waals surface area contributed by atoms with Gasteiger partial charge < -0.3 is 5.11 Å². The Hall–Kier alpha value is -0.970. The van der Waals surface area contributed by atoms with E-state index in [4.69, 9.17) is 0 Å². The van der Waals surface area contributed by atoms with Crippen molar-refractivity contribution < 1.29 is 9.90 Å². The number of benzene rings is 1. The van der Waals surface area contributed by atoms with Gasteiger partial charge in [0.15, 0.2) is 11.9 Å². The van der Waals surface area contributed by atoms with Gasteiger partial charge in [-0.15, -0.1) is 11.3 Å². The fourth-order valence-electron chi connectivity index (χ4n) is 1.36. The van der Waals surface area contributed by atoms with Gasteiger partial charge in [0.25, 0.3) is 0 Å². The van der Waals surface area contributed by atoms with Crippen LogP contribution in [-0.2, 0) is 0 Å². The first-order valence-corrected chi connectivity index (χ1v) is 6.32. The molecule has 0 radical (unpaired) electrons. The molecule has 4 heteroatoms. The van der Waals surface area contributed by atoms with E-state index in [0.29, 0.717) is 10.4 Å². The molecule has 0 bridgehead atoms. The lowest BCUT2D eigenvalue weighted by Crippen LogP contribution is -2.10. The molecule has 0 aliphatic rings. The Morgan fingerprint density at radius 1 is 1.19 bits per heavy atom. The van der Waals surface area contributed by atoms with E-state index in [-0.39, 0.29) is 5.78 Å². The molecule has 1 heterocycles. The Bertz CT molecular complexity index is 493. The number of Topliss-reactive ketones (excluding diaryl/α,β-unsaturated/α-hetero) is 1. The lowest BCUT2D eigenvalue weighted by Gasteiger charge is -2.06. The lowest BCUT2D eigenvalue weighted by atomic mass is 10.1. The average molecular weight is 297 g/mol. The number of thiophene rings is 1. The minimum atomic E-state index is -1.07. The van der Waals surface area contributed by atoms with Gasteiger partial charge in [0.2, 0.25) is 0 Å². The Labute approximate surface area is 106 Å². The molecule has 0 spiro atoms. The quantitative estimate of drug-likeness (QED) is 0.881. The zero-order valence-electron chi connectivity index (χ0n) is 8.26. The average Bonchev–Trinajstić information content (AvgIpc) is 2.75. The van der Waals surface area contributed by atoms with E-state index in [1.807, 2.05) is 12.1 Å². The maximum Gasteiger partial charge on any atom is 0.196 e. The standard InChI is InChI=1S/C12H9BrO2S/c13-10-7-6-9(16-10)12(15)11(14)8-4-2-1-3-5-8/h1-7,12,15H. The molecule has 0 saturated heterocycles. The monoisotopic (exact) mass is 296 g/mol. The normalized spacial score (nSPS) is 12.4. The molecule has 16 heavy (non-hydrogen) atoms. The van der Waals surface area contributed by atoms with E-state index in [2.05, 4.69) is 15.9 Å². The summed E-state index contributed by atoms with van der Waals surface area (Å²) in [4.78, 5) is 12.5. The maximum absolute atomic E-state index is 11.9. The third-order valence-electron chi connectivity index (χ3n) is 2.17. The van der Waals surface area contributed by atoms with Crippen molar-refractivity contribution in [3.05, 3.63) is 56.7 Å². The molecule has 2 nitrogen and oxygen atoms in total. The van der Waals surface area contributed by atoms with Crippen LogP contribution in [0.15, 0.2) is 46.3 Å². The molecule has 1 aromatic carbocycles. The Balaban J connectivity index is 2.23. The van der Waals surface area contributed by atoms with E-state index in [1.54, 1.807) is 30.3 Å². The fraction of sp³-hybridized carbons (Fsp3) is 0.0833. The number of halogens is 1. The van der Waals surface area contributed by atoms with Gasteiger partial charge in [-0.25, -0.2) is 0 Å². The molecule has 1 unspecified atom stereocenters. The summed E-state index contributed by atoms with van der Waals surface area (Å²) in [7, 11) is 0. The van der Waals surface area contributed by atoms with E-state index >= 15 is 0 Å². The molecule has 1 N–H and O–H groups in total. The highest BCUT2D eigenvalue weighted by atomic mass is 79.9. The van der Waals surface area contributed by atoms with Crippen molar-refractivity contribution in [2.45, 2.75) is 6.10 Å². The van der Waals surface area contributed by atoms with Crippen molar-refractivity contribution in [1.82, 2.24) is 0 Å². The van der Waals surface area contributed by atoms with Crippen LogP contribution in [-0.4, -0.2) is 10.9 Å². The number of hydrogen-bond acceptors (Lipinski definition) is 3. The van der Waals surface area contributed by atoms with Crippen molar-refractivity contribution in [3.8, 4) is 0 Å². The minimum absolute atomic E-state index is 0.269. The van der Waals surface area contributed by atoms with Crippen LogP contribution in [0.1, 0.15) is 21.3 Å². The molecule has 0 aliphatic heterocycles. The van der Waals surface area contributed by atoms with Gasteiger partial charge in [0, 0.05) is 10.4 Å². The van der Waals surface area contributed by atoms with Crippen LogP contribution in [0, 0.1) is 0 Å². The zero-order valence-corrected chi connectivity index (χ0v) is 10.7. The van der Waals surface area contributed by atoms with Crippen LogP contribution in [0.25, 0.3) is 0 Å². The van der Waals surface area contributed by atoms with Gasteiger partial charge in [-0.05, 0) is 28.1 Å². The summed E-state index contributed by atoms with van der Waals surface area (Å²) in [6, 6.07) is 12.4. The van der Waals surface area contributed by atoms with E-state index < -0.39 is 6.10 Å². The number of hydrogen-bond donors (Lipinski definition) is 1. The van der Waals surface area contributed by atoms with Crippen molar-refractivity contribution >= 4 is 33.0 Å². The topological polar surface area (TPSA) is 37.3 Å². The summed E-state index contributed by atoms with van der Waals surface area (Å²) in [5, 5.41) is 9.90. The van der Waals surface area contributed by atoms with Crippen LogP contribution in [0.2, 0.25) is 0 Å². The largest absolute Gasteiger partial charge is 0.379 e. The maximum atomic E-state index is 11.9. The predicted octanol–water partition coefficient (Wildman–Crippen LogP) is 3.43. The first-order valence-electron chi connectivity index (χ1n) is 4.71. The first kappa shape index (κ1) is 11.5. The van der Waals surface area contributed by atoms with Crippen LogP contribution in [0.4, 0.5) is 0 Å². The van der Waals surface area contributed by atoms with Crippen LogP contribution < -0.4 is 0 Å². The molecular weight excluding hydrogens is 288 g/mol. The highest BCUT2D eigenvalue weighted by Crippen LogP contribution is 2.29. The second-order valence-electron chi connectivity index (χ2n) is 3.27. The molecule has 0 fully saturated rings. The lowest BCUT2D eigenvalue weighted by molar-refractivity contribution is 0.0753. The highest BCUT2D eigenvalue weighted by molar-refractivity contribution is 9.11. The first-order chi connectivity index (χ1) is 7.68. The molecule has 2 rings (SSSR count). The number of aliphatic hydroxyl groups excluding tert-OH is 1. The SMILES string of the molecule is O=C(c1ccccc1)C(O)c1ccc(Br)s1. The van der Waals surface area contributed by atoms with Gasteiger partial charge in [0.1, 0.15) is 0 Å². The summed E-state index contributed by atoms with van der Waals surface area (Å²) in [5.74, 6) is -0.269. The summed E-state index contributed by atoms with van der Waals surface area (Å²) < 4.78 is 0.905. The molecule has 1 atom stereocenters. The van der Waals surface area contributed by atoms with Gasteiger partial charge in [-0.1, -0.05) is 30.3 Å². The molecule has 82 valence electrons. The Morgan fingerprint density at radius 3 is 2.44 bits per heavy atom. The summed E-state index contributed by atoms with van der Waals surface area (Å²) in [6.45, 7) is 0. The molecule has 0 amide bonds. The van der Waals surface area contributed by atoms with Crippen molar-refractivity contribution in [3.63, 3.8) is 0 Å². The molecule has 2 aromatic rings. The van der Waals surface area contributed by atoms with Crippen LogP contribution in [0.5, 0.6) is 0 Å². The number of aliphatic hydroxyl groups is 1. The molecular formula is C12H9BrO2S. The fourth-order valence-corrected chi connectivity index (χ4v) is 2.77. The van der Waals surface area contributed by atoms with Gasteiger partial charge in [-0.3, -0.25) is 4.79 Å². The van der Waals surface area contributed by atoms with E-state index in [0.717, 1.165) is 3.79 Å². The van der Waals surface area contributed by atoms with Gasteiger partial charge in [-0.2, -0.15) is 0 Å². The van der Waals surface area contributed by atoms with Crippen molar-refractivity contribution in [1.29, 1.82) is 0 Å². The van der Waals surface area contributed by atoms with Gasteiger partial charge >= 0.3 is 0 Å². The zero-order chi connectivity index (χ0) is 11.5. The van der Waals surface area contributed by atoms with Crippen molar-refractivity contribution in [2.75, 3.05) is 0 Å². The number of carbonyl (C=O) groups excluding carboxylic acids is 1. The van der Waals surface area contributed by atoms with Crippen LogP contribution in [0.3, 0.4) is 0 Å². The third-order valence-corrected chi connectivity index (χ3v) is 3.85. The summed E-state index contributed by atoms with van der Waals surface area (Å²) in [6.07, 6.45) is -1.07. The Kier molecular flexibility index (Phi) is 3.53. The van der Waals surface area contributed by atoms with Gasteiger partial charge in [0.05, 0.1) is 3.79 Å². The Morgan fingerprint density at radius 2 is 1.88 bits per heavy atom. The molecule has 0 aliphatic carbocycles. The molecule has 1 aromatic heterocycles. The van der Waals surface area contributed by atoms with E-state index in [1.165, 1.54) is 11.3 Å². The molecule has 0 saturated carbocycles. The predicted molar refractivity (Wildman–Crippen MR) is 67.8 cm³/mol. The second kappa shape index (κ2) is 4.91.